The summed E-state index contributed by atoms with van der Waals surface area (Å²) in [5.41, 5.74) is -1.31. The first-order valence-electron chi connectivity index (χ1n) is 10.2. The van der Waals surface area contributed by atoms with Crippen molar-refractivity contribution in [2.75, 3.05) is 17.7 Å². The van der Waals surface area contributed by atoms with Crippen LogP contribution in [0.15, 0.2) is 72.8 Å². The molecule has 6 nitrogen and oxygen atoms in total. The van der Waals surface area contributed by atoms with E-state index in [-0.39, 0.29) is 17.2 Å². The highest BCUT2D eigenvalue weighted by Gasteiger charge is 2.34. The van der Waals surface area contributed by atoms with Gasteiger partial charge in [0, 0.05) is 24.4 Å². The summed E-state index contributed by atoms with van der Waals surface area (Å²) in [7, 11) is 1.49. The van der Waals surface area contributed by atoms with Gasteiger partial charge in [-0.05, 0) is 54.1 Å². The first-order valence-corrected chi connectivity index (χ1v) is 10.2. The molecule has 3 amide bonds. The molecule has 0 bridgehead atoms. The summed E-state index contributed by atoms with van der Waals surface area (Å²) in [6, 6.07) is 14.1. The maximum Gasteiger partial charge on any atom is 0.418 e. The highest BCUT2D eigenvalue weighted by Crippen LogP contribution is 2.36. The van der Waals surface area contributed by atoms with Crippen molar-refractivity contribution >= 4 is 35.2 Å². The minimum atomic E-state index is -4.85. The average Bonchev–Trinajstić information content (AvgIpc) is 2.83. The minimum Gasteiger partial charge on any atom is -0.355 e. The Morgan fingerprint density at radius 2 is 1.54 bits per heavy atom. The summed E-state index contributed by atoms with van der Waals surface area (Å²) in [4.78, 5) is 36.0. The zero-order chi connectivity index (χ0) is 25.6. The monoisotopic (exact) mass is 485 g/mol. The number of carbonyl (C=O) groups excluding carboxylic acids is 3. The first kappa shape index (κ1) is 25.2. The van der Waals surface area contributed by atoms with Gasteiger partial charge in [-0.3, -0.25) is 14.4 Å². The van der Waals surface area contributed by atoms with Crippen molar-refractivity contribution in [2.45, 2.75) is 6.18 Å². The summed E-state index contributed by atoms with van der Waals surface area (Å²) >= 11 is 0. The topological polar surface area (TPSA) is 87.3 Å². The van der Waals surface area contributed by atoms with Crippen LogP contribution < -0.4 is 16.0 Å². The number of halogens is 4. The molecular weight excluding hydrogens is 466 g/mol. The number of carbonyl (C=O) groups is 3. The highest BCUT2D eigenvalue weighted by atomic mass is 19.4. The van der Waals surface area contributed by atoms with Gasteiger partial charge in [0.1, 0.15) is 5.82 Å². The molecule has 0 aliphatic heterocycles. The van der Waals surface area contributed by atoms with E-state index in [0.717, 1.165) is 24.3 Å². The third kappa shape index (κ3) is 6.53. The number of hydrogen-bond donors (Lipinski definition) is 3. The van der Waals surface area contributed by atoms with E-state index in [2.05, 4.69) is 16.0 Å². The van der Waals surface area contributed by atoms with E-state index in [0.29, 0.717) is 17.2 Å². The number of rotatable bonds is 6. The molecule has 0 atom stereocenters. The number of nitrogens with one attached hydrogen (secondary N) is 3. The van der Waals surface area contributed by atoms with Crippen LogP contribution >= 0.6 is 0 Å². The van der Waals surface area contributed by atoms with Gasteiger partial charge in [0.15, 0.2) is 0 Å². The summed E-state index contributed by atoms with van der Waals surface area (Å²) < 4.78 is 54.6. The molecule has 0 spiro atoms. The molecule has 180 valence electrons. The van der Waals surface area contributed by atoms with E-state index >= 15 is 0 Å². The molecule has 3 aromatic carbocycles. The minimum absolute atomic E-state index is 0.227. The lowest BCUT2D eigenvalue weighted by Gasteiger charge is -2.15. The summed E-state index contributed by atoms with van der Waals surface area (Å²) in [5.74, 6) is -2.85. The Bertz CT molecular complexity index is 1290. The Kier molecular flexibility index (Phi) is 7.65. The van der Waals surface area contributed by atoms with Crippen LogP contribution in [0.25, 0.3) is 6.08 Å². The zero-order valence-corrected chi connectivity index (χ0v) is 18.2. The van der Waals surface area contributed by atoms with Crippen LogP contribution in [0.3, 0.4) is 0 Å². The van der Waals surface area contributed by atoms with E-state index in [1.165, 1.54) is 43.5 Å². The maximum atomic E-state index is 13.8. The largest absolute Gasteiger partial charge is 0.418 e. The lowest BCUT2D eigenvalue weighted by Crippen LogP contribution is -2.17. The van der Waals surface area contributed by atoms with Crippen LogP contribution in [-0.2, 0) is 11.0 Å². The Balaban J connectivity index is 1.75. The van der Waals surface area contributed by atoms with Crippen molar-refractivity contribution in [3.8, 4) is 0 Å². The lowest BCUT2D eigenvalue weighted by molar-refractivity contribution is -0.136. The maximum absolute atomic E-state index is 13.8. The fraction of sp³-hybridized carbons (Fsp3) is 0.0800. The van der Waals surface area contributed by atoms with Gasteiger partial charge in [0.25, 0.3) is 11.8 Å². The molecule has 0 heterocycles. The quantitative estimate of drug-likeness (QED) is 0.335. The van der Waals surface area contributed by atoms with E-state index in [1.54, 1.807) is 12.1 Å². The molecule has 0 radical (unpaired) electrons. The molecule has 3 N–H and O–H groups in total. The van der Waals surface area contributed by atoms with Crippen LogP contribution in [0, 0.1) is 5.82 Å². The fourth-order valence-corrected chi connectivity index (χ4v) is 3.05. The summed E-state index contributed by atoms with van der Waals surface area (Å²) in [6.45, 7) is 0. The van der Waals surface area contributed by atoms with Crippen LogP contribution in [0.4, 0.5) is 28.9 Å². The van der Waals surface area contributed by atoms with Gasteiger partial charge in [0.2, 0.25) is 5.91 Å². The third-order valence-electron chi connectivity index (χ3n) is 4.79. The molecule has 0 saturated carbocycles. The number of alkyl halides is 3. The van der Waals surface area contributed by atoms with Crippen molar-refractivity contribution in [1.82, 2.24) is 5.32 Å². The van der Waals surface area contributed by atoms with E-state index in [1.807, 2.05) is 0 Å². The van der Waals surface area contributed by atoms with Crippen molar-refractivity contribution in [1.29, 1.82) is 0 Å². The second kappa shape index (κ2) is 10.6. The van der Waals surface area contributed by atoms with Gasteiger partial charge in [-0.25, -0.2) is 4.39 Å². The van der Waals surface area contributed by atoms with Crippen LogP contribution in [0.1, 0.15) is 31.8 Å². The molecule has 3 rings (SSSR count). The van der Waals surface area contributed by atoms with Gasteiger partial charge in [-0.15, -0.1) is 0 Å². The van der Waals surface area contributed by atoms with Crippen molar-refractivity contribution in [3.05, 3.63) is 101 Å². The van der Waals surface area contributed by atoms with E-state index in [4.69, 9.17) is 0 Å². The first-order chi connectivity index (χ1) is 16.6. The van der Waals surface area contributed by atoms with Gasteiger partial charge in [-0.1, -0.05) is 24.3 Å². The fourth-order valence-electron chi connectivity index (χ4n) is 3.05. The predicted octanol–water partition coefficient (Wildman–Crippen LogP) is 5.11. The standard InChI is InChI=1S/C25H19F4N3O3/c1-30-23(34)16-9-6-15(7-10-16)8-13-22(33)32-21-12-11-17(14-19(21)25(27,28)29)31-24(35)18-4-2-3-5-20(18)26/h2-14H,1H3,(H,30,34)(H,31,35)(H,32,33)/b13-8+. The molecular formula is C25H19F4N3O3. The molecule has 35 heavy (non-hydrogen) atoms. The molecule has 0 saturated heterocycles. The van der Waals surface area contributed by atoms with Gasteiger partial charge >= 0.3 is 6.18 Å². The van der Waals surface area contributed by atoms with Crippen molar-refractivity contribution in [3.63, 3.8) is 0 Å². The number of hydrogen-bond acceptors (Lipinski definition) is 3. The molecule has 0 aliphatic carbocycles. The lowest BCUT2D eigenvalue weighted by atomic mass is 10.1. The van der Waals surface area contributed by atoms with Crippen LogP contribution in [0.2, 0.25) is 0 Å². The Hall–Kier alpha value is -4.47. The van der Waals surface area contributed by atoms with Gasteiger partial charge in [0.05, 0.1) is 16.8 Å². The Labute approximate surface area is 197 Å². The van der Waals surface area contributed by atoms with Crippen molar-refractivity contribution < 1.29 is 31.9 Å². The summed E-state index contributed by atoms with van der Waals surface area (Å²) in [5, 5.41) is 6.85. The number of amides is 3. The number of anilines is 2. The molecule has 0 aliphatic rings. The van der Waals surface area contributed by atoms with Gasteiger partial charge in [-0.2, -0.15) is 13.2 Å². The second-order valence-electron chi connectivity index (χ2n) is 7.22. The average molecular weight is 485 g/mol. The summed E-state index contributed by atoms with van der Waals surface area (Å²) in [6.07, 6.45) is -2.43. The zero-order valence-electron chi connectivity index (χ0n) is 18.2. The normalized spacial score (nSPS) is 11.2. The van der Waals surface area contributed by atoms with Gasteiger partial charge < -0.3 is 16.0 Å². The van der Waals surface area contributed by atoms with E-state index < -0.39 is 35.1 Å². The second-order valence-corrected chi connectivity index (χ2v) is 7.22. The SMILES string of the molecule is CNC(=O)c1ccc(/C=C/C(=O)Nc2ccc(NC(=O)c3ccccc3F)cc2C(F)(F)F)cc1. The van der Waals surface area contributed by atoms with Crippen LogP contribution in [0.5, 0.6) is 0 Å². The smallest absolute Gasteiger partial charge is 0.355 e. The van der Waals surface area contributed by atoms with Crippen LogP contribution in [-0.4, -0.2) is 24.8 Å². The predicted molar refractivity (Wildman–Crippen MR) is 123 cm³/mol. The van der Waals surface area contributed by atoms with E-state index in [9.17, 15) is 31.9 Å². The Morgan fingerprint density at radius 3 is 2.17 bits per heavy atom. The molecule has 3 aromatic rings. The Morgan fingerprint density at radius 1 is 0.857 bits per heavy atom. The molecule has 0 aromatic heterocycles. The number of benzene rings is 3. The highest BCUT2D eigenvalue weighted by molar-refractivity contribution is 6.05. The molecule has 0 unspecified atom stereocenters. The molecule has 10 heteroatoms. The molecule has 0 fully saturated rings. The van der Waals surface area contributed by atoms with Crippen molar-refractivity contribution in [2.24, 2.45) is 0 Å². The third-order valence-corrected chi connectivity index (χ3v) is 4.79.